The third-order valence-electron chi connectivity index (χ3n) is 2.98. The first-order chi connectivity index (χ1) is 9.19. The van der Waals surface area contributed by atoms with Crippen molar-refractivity contribution in [3.8, 4) is 11.5 Å². The van der Waals surface area contributed by atoms with E-state index in [1.807, 2.05) is 25.1 Å². The number of nitrogens with zero attached hydrogens (tertiary/aromatic N) is 2. The van der Waals surface area contributed by atoms with Crippen LogP contribution >= 0.6 is 15.9 Å². The molecule has 0 unspecified atom stereocenters. The molecule has 0 saturated heterocycles. The molecular weight excluding hydrogens is 308 g/mol. The first-order valence-electron chi connectivity index (χ1n) is 5.81. The molecule has 3 rings (SSSR count). The molecule has 0 saturated carbocycles. The predicted molar refractivity (Wildman–Crippen MR) is 75.6 cm³/mol. The minimum Gasteiger partial charge on any atom is -0.418 e. The molecule has 0 spiro atoms. The van der Waals surface area contributed by atoms with Gasteiger partial charge in [0.05, 0.1) is 6.61 Å². The molecular formula is C14H11BrN2O2. The number of hydrogen-bond donors (Lipinski definition) is 1. The van der Waals surface area contributed by atoms with Crippen molar-refractivity contribution in [2.24, 2.45) is 0 Å². The van der Waals surface area contributed by atoms with Crippen LogP contribution in [0.4, 0.5) is 0 Å². The van der Waals surface area contributed by atoms with E-state index < -0.39 is 0 Å². The molecule has 4 nitrogen and oxygen atoms in total. The summed E-state index contributed by atoms with van der Waals surface area (Å²) in [6, 6.07) is 7.65. The first kappa shape index (κ1) is 12.3. The topological polar surface area (TPSA) is 59.2 Å². The fourth-order valence-corrected chi connectivity index (χ4v) is 2.27. The van der Waals surface area contributed by atoms with E-state index in [2.05, 4.69) is 25.9 Å². The Balaban J connectivity index is 2.18. The Labute approximate surface area is 118 Å². The number of benzene rings is 1. The SMILES string of the molecule is Cc1c(Br)cccc1-c1nc2cc(CO)cnc2o1. The molecule has 19 heavy (non-hydrogen) atoms. The fraction of sp³-hybridized carbons (Fsp3) is 0.143. The summed E-state index contributed by atoms with van der Waals surface area (Å²) in [7, 11) is 0. The largest absolute Gasteiger partial charge is 0.418 e. The van der Waals surface area contributed by atoms with Gasteiger partial charge in [0.1, 0.15) is 5.52 Å². The van der Waals surface area contributed by atoms with Gasteiger partial charge >= 0.3 is 0 Å². The van der Waals surface area contributed by atoms with Crippen LogP contribution in [0.15, 0.2) is 39.4 Å². The second-order valence-electron chi connectivity index (χ2n) is 4.26. The van der Waals surface area contributed by atoms with Crippen LogP contribution in [0.25, 0.3) is 22.7 Å². The molecule has 0 radical (unpaired) electrons. The van der Waals surface area contributed by atoms with E-state index >= 15 is 0 Å². The van der Waals surface area contributed by atoms with Gasteiger partial charge in [0, 0.05) is 16.2 Å². The van der Waals surface area contributed by atoms with Crippen LogP contribution in [0.2, 0.25) is 0 Å². The molecule has 0 aliphatic rings. The molecule has 0 fully saturated rings. The van der Waals surface area contributed by atoms with Gasteiger partial charge in [-0.1, -0.05) is 22.0 Å². The van der Waals surface area contributed by atoms with E-state index in [9.17, 15) is 0 Å². The smallest absolute Gasteiger partial charge is 0.247 e. The number of aromatic nitrogens is 2. The van der Waals surface area contributed by atoms with E-state index in [4.69, 9.17) is 9.52 Å². The number of halogens is 1. The molecule has 0 bridgehead atoms. The zero-order valence-electron chi connectivity index (χ0n) is 10.2. The van der Waals surface area contributed by atoms with E-state index in [1.165, 1.54) is 0 Å². The number of pyridine rings is 1. The Hall–Kier alpha value is -1.72. The lowest BCUT2D eigenvalue weighted by molar-refractivity contribution is 0.281. The maximum absolute atomic E-state index is 9.10. The van der Waals surface area contributed by atoms with Gasteiger partial charge in [-0.25, -0.2) is 9.97 Å². The van der Waals surface area contributed by atoms with E-state index in [-0.39, 0.29) is 6.61 Å². The van der Waals surface area contributed by atoms with Crippen LogP contribution in [0.5, 0.6) is 0 Å². The number of oxazole rings is 1. The van der Waals surface area contributed by atoms with Gasteiger partial charge in [-0.05, 0) is 36.2 Å². The van der Waals surface area contributed by atoms with Crippen molar-refractivity contribution in [2.45, 2.75) is 13.5 Å². The Morgan fingerprint density at radius 3 is 3.00 bits per heavy atom. The average Bonchev–Trinajstić information content (AvgIpc) is 2.84. The lowest BCUT2D eigenvalue weighted by Gasteiger charge is -2.02. The molecule has 1 N–H and O–H groups in total. The fourth-order valence-electron chi connectivity index (χ4n) is 1.91. The summed E-state index contributed by atoms with van der Waals surface area (Å²) >= 11 is 3.49. The second-order valence-corrected chi connectivity index (χ2v) is 5.11. The summed E-state index contributed by atoms with van der Waals surface area (Å²) in [5.74, 6) is 0.538. The molecule has 2 aromatic heterocycles. The van der Waals surface area contributed by atoms with Crippen molar-refractivity contribution in [3.05, 3.63) is 46.1 Å². The van der Waals surface area contributed by atoms with Gasteiger partial charge in [-0.15, -0.1) is 0 Å². The Morgan fingerprint density at radius 1 is 1.37 bits per heavy atom. The van der Waals surface area contributed by atoms with Gasteiger partial charge in [0.15, 0.2) is 0 Å². The average molecular weight is 319 g/mol. The normalized spacial score (nSPS) is 11.1. The standard InChI is InChI=1S/C14H11BrN2O2/c1-8-10(3-2-4-11(8)15)13-17-12-5-9(7-18)6-16-14(12)19-13/h2-6,18H,7H2,1H3. The van der Waals surface area contributed by atoms with Crippen molar-refractivity contribution in [3.63, 3.8) is 0 Å². The highest BCUT2D eigenvalue weighted by Gasteiger charge is 2.12. The van der Waals surface area contributed by atoms with Crippen LogP contribution in [0.3, 0.4) is 0 Å². The van der Waals surface area contributed by atoms with Crippen LogP contribution in [0, 0.1) is 6.92 Å². The summed E-state index contributed by atoms with van der Waals surface area (Å²) in [5, 5.41) is 9.10. The summed E-state index contributed by atoms with van der Waals surface area (Å²) in [6.45, 7) is 1.95. The van der Waals surface area contributed by atoms with Gasteiger partial charge in [0.25, 0.3) is 0 Å². The molecule has 3 aromatic rings. The van der Waals surface area contributed by atoms with E-state index in [0.29, 0.717) is 17.1 Å². The van der Waals surface area contributed by atoms with E-state index in [1.54, 1.807) is 12.3 Å². The highest BCUT2D eigenvalue weighted by Crippen LogP contribution is 2.29. The first-order valence-corrected chi connectivity index (χ1v) is 6.60. The summed E-state index contributed by atoms with van der Waals surface area (Å²) in [6.07, 6.45) is 1.59. The number of aliphatic hydroxyl groups is 1. The van der Waals surface area contributed by atoms with Crippen LogP contribution in [-0.2, 0) is 6.61 Å². The van der Waals surface area contributed by atoms with Crippen molar-refractivity contribution in [2.75, 3.05) is 0 Å². The molecule has 0 atom stereocenters. The lowest BCUT2D eigenvalue weighted by atomic mass is 10.1. The number of fused-ring (bicyclic) bond motifs is 1. The summed E-state index contributed by atoms with van der Waals surface area (Å²) in [4.78, 5) is 8.58. The molecule has 1 aromatic carbocycles. The minimum absolute atomic E-state index is 0.0545. The lowest BCUT2D eigenvalue weighted by Crippen LogP contribution is -1.85. The van der Waals surface area contributed by atoms with Gasteiger partial charge < -0.3 is 9.52 Å². The number of rotatable bonds is 2. The molecule has 96 valence electrons. The zero-order valence-corrected chi connectivity index (χ0v) is 11.8. The quantitative estimate of drug-likeness (QED) is 0.786. The third kappa shape index (κ3) is 2.15. The van der Waals surface area contributed by atoms with Crippen molar-refractivity contribution in [1.82, 2.24) is 9.97 Å². The maximum Gasteiger partial charge on any atom is 0.247 e. The summed E-state index contributed by atoms with van der Waals surface area (Å²) < 4.78 is 6.68. The summed E-state index contributed by atoms with van der Waals surface area (Å²) in [5.41, 5.74) is 3.85. The Kier molecular flexibility index (Phi) is 3.08. The molecule has 5 heteroatoms. The predicted octanol–water partition coefficient (Wildman–Crippen LogP) is 3.45. The van der Waals surface area contributed by atoms with Crippen molar-refractivity contribution < 1.29 is 9.52 Å². The molecule has 0 aliphatic heterocycles. The maximum atomic E-state index is 9.10. The molecule has 2 heterocycles. The van der Waals surface area contributed by atoms with Crippen molar-refractivity contribution in [1.29, 1.82) is 0 Å². The van der Waals surface area contributed by atoms with Gasteiger partial charge in [0.2, 0.25) is 11.6 Å². The van der Waals surface area contributed by atoms with Gasteiger partial charge in [-0.2, -0.15) is 0 Å². The minimum atomic E-state index is -0.0545. The number of aliphatic hydroxyl groups excluding tert-OH is 1. The van der Waals surface area contributed by atoms with Crippen LogP contribution in [0.1, 0.15) is 11.1 Å². The molecule has 0 amide bonds. The van der Waals surface area contributed by atoms with Crippen molar-refractivity contribution >= 4 is 27.2 Å². The Bertz CT molecular complexity index is 752. The zero-order chi connectivity index (χ0) is 13.4. The van der Waals surface area contributed by atoms with E-state index in [0.717, 1.165) is 21.2 Å². The van der Waals surface area contributed by atoms with Gasteiger partial charge in [-0.3, -0.25) is 0 Å². The molecule has 0 aliphatic carbocycles. The Morgan fingerprint density at radius 2 is 2.21 bits per heavy atom. The second kappa shape index (κ2) is 4.75. The highest BCUT2D eigenvalue weighted by atomic mass is 79.9. The van der Waals surface area contributed by atoms with Crippen LogP contribution in [-0.4, -0.2) is 15.1 Å². The monoisotopic (exact) mass is 318 g/mol. The highest BCUT2D eigenvalue weighted by molar-refractivity contribution is 9.10. The third-order valence-corrected chi connectivity index (χ3v) is 3.84. The number of hydrogen-bond acceptors (Lipinski definition) is 4. The van der Waals surface area contributed by atoms with Crippen LogP contribution < -0.4 is 0 Å².